The van der Waals surface area contributed by atoms with Crippen molar-refractivity contribution in [2.45, 2.75) is 19.0 Å². The molecular formula is C7H6F3NS. The monoisotopic (exact) mass is 193 g/mol. The van der Waals surface area contributed by atoms with Crippen LogP contribution in [0.2, 0.25) is 0 Å². The Balaban J connectivity index is 2.64. The van der Waals surface area contributed by atoms with E-state index in [0.717, 1.165) is 0 Å². The van der Waals surface area contributed by atoms with Gasteiger partial charge in [-0.2, -0.15) is 13.2 Å². The van der Waals surface area contributed by atoms with E-state index >= 15 is 0 Å². The van der Waals surface area contributed by atoms with E-state index < -0.39 is 12.6 Å². The Bertz CT molecular complexity index is 252. The summed E-state index contributed by atoms with van der Waals surface area (Å²) < 4.78 is 35.4. The van der Waals surface area contributed by atoms with E-state index in [0.29, 0.717) is 11.3 Å². The molecule has 0 saturated heterocycles. The van der Waals surface area contributed by atoms with Gasteiger partial charge in [0.25, 0.3) is 0 Å². The molecule has 0 atom stereocenters. The molecular weight excluding hydrogens is 187 g/mol. The van der Waals surface area contributed by atoms with Gasteiger partial charge in [0.2, 0.25) is 0 Å². The number of alkyl halides is 3. The van der Waals surface area contributed by atoms with Crippen molar-refractivity contribution < 1.29 is 13.2 Å². The molecule has 1 nitrogen and oxygen atoms in total. The molecule has 66 valence electrons. The summed E-state index contributed by atoms with van der Waals surface area (Å²) in [6.07, 6.45) is -2.01. The van der Waals surface area contributed by atoms with Gasteiger partial charge in [-0.25, -0.2) is 0 Å². The van der Waals surface area contributed by atoms with Crippen molar-refractivity contribution in [3.63, 3.8) is 0 Å². The third-order valence-corrected chi connectivity index (χ3v) is 1.54. The van der Waals surface area contributed by atoms with E-state index in [-0.39, 0.29) is 5.70 Å². The van der Waals surface area contributed by atoms with Crippen molar-refractivity contribution in [2.24, 2.45) is 4.99 Å². The Hall–Kier alpha value is -0.710. The standard InChI is InChI=1S/C7H6F3NS/c8-7(9,10)4-5-3-6(12)1-2-11-5/h2-3H,1,4H2. The maximum atomic E-state index is 11.8. The maximum Gasteiger partial charge on any atom is 0.394 e. The molecule has 0 aliphatic carbocycles. The van der Waals surface area contributed by atoms with Gasteiger partial charge in [-0.15, -0.1) is 0 Å². The van der Waals surface area contributed by atoms with Gasteiger partial charge in [0.1, 0.15) is 0 Å². The summed E-state index contributed by atoms with van der Waals surface area (Å²) in [4.78, 5) is 4.10. The number of rotatable bonds is 1. The predicted molar refractivity (Wildman–Crippen MR) is 44.5 cm³/mol. The molecule has 0 saturated carbocycles. The minimum absolute atomic E-state index is 0.00116. The minimum atomic E-state index is -4.20. The highest BCUT2D eigenvalue weighted by molar-refractivity contribution is 7.80. The second-order valence-electron chi connectivity index (χ2n) is 2.41. The normalized spacial score (nSPS) is 17.9. The second kappa shape index (κ2) is 3.35. The van der Waals surface area contributed by atoms with Crippen molar-refractivity contribution in [1.82, 2.24) is 0 Å². The summed E-state index contributed by atoms with van der Waals surface area (Å²) >= 11 is 4.74. The molecule has 0 N–H and O–H groups in total. The number of hydrogen-bond donors (Lipinski definition) is 0. The number of hydrogen-bond acceptors (Lipinski definition) is 2. The summed E-state index contributed by atoms with van der Waals surface area (Å²) in [6, 6.07) is 0. The smallest absolute Gasteiger partial charge is 0.265 e. The average molecular weight is 193 g/mol. The molecule has 0 amide bonds. The Morgan fingerprint density at radius 3 is 2.67 bits per heavy atom. The molecule has 1 aliphatic heterocycles. The fraction of sp³-hybridized carbons (Fsp3) is 0.429. The van der Waals surface area contributed by atoms with Crippen LogP contribution in [0, 0.1) is 0 Å². The van der Waals surface area contributed by atoms with Crippen LogP contribution in [0.5, 0.6) is 0 Å². The van der Waals surface area contributed by atoms with Crippen LogP contribution in [0.3, 0.4) is 0 Å². The molecule has 0 radical (unpaired) electrons. The second-order valence-corrected chi connectivity index (χ2v) is 2.93. The van der Waals surface area contributed by atoms with Crippen LogP contribution in [0.15, 0.2) is 16.8 Å². The van der Waals surface area contributed by atoms with E-state index in [4.69, 9.17) is 12.2 Å². The lowest BCUT2D eigenvalue weighted by atomic mass is 10.2. The minimum Gasteiger partial charge on any atom is -0.265 e. The van der Waals surface area contributed by atoms with Gasteiger partial charge in [0.05, 0.1) is 12.1 Å². The van der Waals surface area contributed by atoms with Crippen molar-refractivity contribution in [3.05, 3.63) is 11.8 Å². The van der Waals surface area contributed by atoms with E-state index in [1.54, 1.807) is 0 Å². The Labute approximate surface area is 73.0 Å². The third-order valence-electron chi connectivity index (χ3n) is 1.26. The van der Waals surface area contributed by atoms with Crippen LogP contribution >= 0.6 is 12.2 Å². The Kier molecular flexibility index (Phi) is 2.62. The third kappa shape index (κ3) is 3.13. The number of allylic oxidation sites excluding steroid dienone is 2. The van der Waals surface area contributed by atoms with Crippen LogP contribution in [0.1, 0.15) is 12.8 Å². The first-order valence-corrected chi connectivity index (χ1v) is 3.71. The average Bonchev–Trinajstić information content (AvgIpc) is 1.82. The number of nitrogens with zero attached hydrogens (tertiary/aromatic N) is 1. The van der Waals surface area contributed by atoms with Gasteiger partial charge in [0.15, 0.2) is 0 Å². The molecule has 1 heterocycles. The molecule has 5 heteroatoms. The Morgan fingerprint density at radius 2 is 2.17 bits per heavy atom. The lowest BCUT2D eigenvalue weighted by molar-refractivity contribution is -0.127. The van der Waals surface area contributed by atoms with Crippen molar-refractivity contribution >= 4 is 23.3 Å². The fourth-order valence-electron chi connectivity index (χ4n) is 0.837. The van der Waals surface area contributed by atoms with Crippen LogP contribution in [-0.2, 0) is 0 Å². The molecule has 0 aromatic rings. The van der Waals surface area contributed by atoms with Gasteiger partial charge >= 0.3 is 6.18 Å². The van der Waals surface area contributed by atoms with Gasteiger partial charge in [-0.1, -0.05) is 12.2 Å². The van der Waals surface area contributed by atoms with E-state index in [9.17, 15) is 13.2 Å². The zero-order valence-corrected chi connectivity index (χ0v) is 6.87. The van der Waals surface area contributed by atoms with E-state index in [1.165, 1.54) is 12.3 Å². The van der Waals surface area contributed by atoms with Crippen LogP contribution in [-0.4, -0.2) is 17.3 Å². The summed E-state index contributed by atoms with van der Waals surface area (Å²) in [5.41, 5.74) is -0.00116. The SMILES string of the molecule is FC(F)(F)CC1=CC(=S)CC=N1. The first-order valence-electron chi connectivity index (χ1n) is 3.30. The number of halogens is 3. The van der Waals surface area contributed by atoms with Crippen LogP contribution in [0.25, 0.3) is 0 Å². The molecule has 0 aromatic carbocycles. The fourth-order valence-corrected chi connectivity index (χ4v) is 1.05. The Morgan fingerprint density at radius 1 is 1.50 bits per heavy atom. The molecule has 1 aliphatic rings. The number of thiocarbonyl (C=S) groups is 1. The predicted octanol–water partition coefficient (Wildman–Crippen LogP) is 2.67. The van der Waals surface area contributed by atoms with Crippen LogP contribution < -0.4 is 0 Å². The highest BCUT2D eigenvalue weighted by atomic mass is 32.1. The zero-order chi connectivity index (χ0) is 9.19. The van der Waals surface area contributed by atoms with Gasteiger partial charge in [-0.05, 0) is 6.08 Å². The lowest BCUT2D eigenvalue weighted by Crippen LogP contribution is -2.10. The molecule has 0 fully saturated rings. The van der Waals surface area contributed by atoms with Gasteiger partial charge in [0, 0.05) is 17.5 Å². The van der Waals surface area contributed by atoms with Crippen LogP contribution in [0.4, 0.5) is 13.2 Å². The van der Waals surface area contributed by atoms with Crippen molar-refractivity contribution in [2.75, 3.05) is 0 Å². The highest BCUT2D eigenvalue weighted by Gasteiger charge is 2.29. The zero-order valence-electron chi connectivity index (χ0n) is 6.06. The van der Waals surface area contributed by atoms with Crippen molar-refractivity contribution in [3.8, 4) is 0 Å². The molecule has 0 bridgehead atoms. The summed E-state index contributed by atoms with van der Waals surface area (Å²) in [5, 5.41) is 0. The topological polar surface area (TPSA) is 12.4 Å². The highest BCUT2D eigenvalue weighted by Crippen LogP contribution is 2.25. The summed E-state index contributed by atoms with van der Waals surface area (Å²) in [6.45, 7) is 0. The van der Waals surface area contributed by atoms with Crippen molar-refractivity contribution in [1.29, 1.82) is 0 Å². The van der Waals surface area contributed by atoms with Gasteiger partial charge < -0.3 is 0 Å². The summed E-state index contributed by atoms with van der Waals surface area (Å²) in [5.74, 6) is 0. The lowest BCUT2D eigenvalue weighted by Gasteiger charge is -2.09. The maximum absolute atomic E-state index is 11.8. The van der Waals surface area contributed by atoms with Gasteiger partial charge in [-0.3, -0.25) is 4.99 Å². The summed E-state index contributed by atoms with van der Waals surface area (Å²) in [7, 11) is 0. The molecule has 0 aromatic heterocycles. The van der Waals surface area contributed by atoms with E-state index in [2.05, 4.69) is 4.99 Å². The molecule has 0 unspecified atom stereocenters. The molecule has 1 rings (SSSR count). The van der Waals surface area contributed by atoms with E-state index in [1.807, 2.05) is 0 Å². The first-order chi connectivity index (χ1) is 5.47. The number of aliphatic imine (C=N–C) groups is 1. The largest absolute Gasteiger partial charge is 0.394 e. The molecule has 0 spiro atoms. The molecule has 12 heavy (non-hydrogen) atoms. The quantitative estimate of drug-likeness (QED) is 0.583. The first kappa shape index (κ1) is 9.38.